The first kappa shape index (κ1) is 8.47. The highest BCUT2D eigenvalue weighted by Crippen LogP contribution is 2.30. The summed E-state index contributed by atoms with van der Waals surface area (Å²) in [5.74, 6) is 0.150. The average molecular weight is 153 g/mol. The van der Waals surface area contributed by atoms with Crippen LogP contribution in [0, 0.1) is 0 Å². The van der Waals surface area contributed by atoms with Crippen LogP contribution in [0.5, 0.6) is 0 Å². The van der Waals surface area contributed by atoms with Gasteiger partial charge >= 0.3 is 0 Å². The number of ketones is 1. The molecule has 1 fully saturated rings. The monoisotopic (exact) mass is 153 g/mol. The second kappa shape index (κ2) is 3.18. The van der Waals surface area contributed by atoms with Crippen LogP contribution >= 0.6 is 0 Å². The van der Waals surface area contributed by atoms with E-state index in [1.54, 1.807) is 0 Å². The highest BCUT2D eigenvalue weighted by Gasteiger charge is 2.37. The van der Waals surface area contributed by atoms with Crippen LogP contribution in [0.15, 0.2) is 12.7 Å². The zero-order chi connectivity index (χ0) is 8.32. The van der Waals surface area contributed by atoms with E-state index in [9.17, 15) is 4.79 Å². The number of carbonyl (C=O) groups is 1. The summed E-state index contributed by atoms with van der Waals surface area (Å²) in [6.07, 6.45) is 5.67. The van der Waals surface area contributed by atoms with Gasteiger partial charge in [0.15, 0.2) is 5.78 Å². The minimum Gasteiger partial charge on any atom is -0.308 e. The Morgan fingerprint density at radius 2 is 2.09 bits per heavy atom. The third-order valence-electron chi connectivity index (χ3n) is 2.59. The standard InChI is InChI=1S/C9H15NO/c1-3-8(11)9(10-2)6-4-5-7-9/h3,10H,1,4-7H2,2H3. The third-order valence-corrected chi connectivity index (χ3v) is 2.59. The van der Waals surface area contributed by atoms with Crippen LogP contribution in [0.2, 0.25) is 0 Å². The molecule has 62 valence electrons. The van der Waals surface area contributed by atoms with Gasteiger partial charge in [0.25, 0.3) is 0 Å². The Kier molecular flexibility index (Phi) is 2.45. The summed E-state index contributed by atoms with van der Waals surface area (Å²) in [6.45, 7) is 3.51. The lowest BCUT2D eigenvalue weighted by molar-refractivity contribution is -0.120. The van der Waals surface area contributed by atoms with Crippen LogP contribution in [0.1, 0.15) is 25.7 Å². The van der Waals surface area contributed by atoms with Crippen molar-refractivity contribution in [3.05, 3.63) is 12.7 Å². The lowest BCUT2D eigenvalue weighted by Gasteiger charge is -2.24. The topological polar surface area (TPSA) is 29.1 Å². The minimum atomic E-state index is -0.262. The lowest BCUT2D eigenvalue weighted by Crippen LogP contribution is -2.46. The molecule has 2 nitrogen and oxygen atoms in total. The molecule has 1 aliphatic rings. The minimum absolute atomic E-state index is 0.150. The number of hydrogen-bond acceptors (Lipinski definition) is 2. The maximum Gasteiger partial charge on any atom is 0.175 e. The molecule has 0 aromatic heterocycles. The van der Waals surface area contributed by atoms with E-state index in [0.29, 0.717) is 0 Å². The van der Waals surface area contributed by atoms with E-state index >= 15 is 0 Å². The van der Waals surface area contributed by atoms with E-state index < -0.39 is 0 Å². The first-order valence-electron chi connectivity index (χ1n) is 4.11. The van der Waals surface area contributed by atoms with Crippen molar-refractivity contribution in [1.82, 2.24) is 5.32 Å². The molecule has 0 aliphatic heterocycles. The number of carbonyl (C=O) groups excluding carboxylic acids is 1. The highest BCUT2D eigenvalue weighted by atomic mass is 16.1. The summed E-state index contributed by atoms with van der Waals surface area (Å²) in [4.78, 5) is 11.4. The van der Waals surface area contributed by atoms with Gasteiger partial charge in [0.1, 0.15) is 0 Å². The lowest BCUT2D eigenvalue weighted by atomic mass is 9.92. The van der Waals surface area contributed by atoms with Gasteiger partial charge in [0.2, 0.25) is 0 Å². The second-order valence-corrected chi connectivity index (χ2v) is 3.11. The van der Waals surface area contributed by atoms with Crippen LogP contribution in [-0.4, -0.2) is 18.4 Å². The molecule has 0 radical (unpaired) electrons. The summed E-state index contributed by atoms with van der Waals surface area (Å²) in [7, 11) is 1.85. The van der Waals surface area contributed by atoms with Crippen molar-refractivity contribution in [2.45, 2.75) is 31.2 Å². The smallest absolute Gasteiger partial charge is 0.175 e. The third kappa shape index (κ3) is 1.36. The molecule has 0 aromatic carbocycles. The molecule has 2 heteroatoms. The van der Waals surface area contributed by atoms with E-state index in [0.717, 1.165) is 25.7 Å². The van der Waals surface area contributed by atoms with Gasteiger partial charge in [-0.05, 0) is 26.0 Å². The normalized spacial score (nSPS) is 21.5. The van der Waals surface area contributed by atoms with Crippen molar-refractivity contribution < 1.29 is 4.79 Å². The number of rotatable bonds is 3. The molecule has 0 saturated heterocycles. The Balaban J connectivity index is 2.73. The Hall–Kier alpha value is -0.630. The van der Waals surface area contributed by atoms with E-state index in [1.807, 2.05) is 7.05 Å². The fourth-order valence-electron chi connectivity index (χ4n) is 1.79. The van der Waals surface area contributed by atoms with Crippen LogP contribution in [0.3, 0.4) is 0 Å². The highest BCUT2D eigenvalue weighted by molar-refractivity contribution is 5.97. The molecule has 0 unspecified atom stereocenters. The molecule has 1 saturated carbocycles. The summed E-state index contributed by atoms with van der Waals surface area (Å²) >= 11 is 0. The van der Waals surface area contributed by atoms with E-state index in [-0.39, 0.29) is 11.3 Å². The van der Waals surface area contributed by atoms with Gasteiger partial charge < -0.3 is 5.32 Å². The van der Waals surface area contributed by atoms with Crippen molar-refractivity contribution in [3.8, 4) is 0 Å². The summed E-state index contributed by atoms with van der Waals surface area (Å²) in [6, 6.07) is 0. The first-order chi connectivity index (χ1) is 5.25. The molecule has 0 spiro atoms. The molecule has 0 atom stereocenters. The van der Waals surface area contributed by atoms with Gasteiger partial charge in [-0.3, -0.25) is 4.79 Å². The van der Waals surface area contributed by atoms with Gasteiger partial charge in [0, 0.05) is 0 Å². The quantitative estimate of drug-likeness (QED) is 0.619. The molecule has 0 heterocycles. The fraction of sp³-hybridized carbons (Fsp3) is 0.667. The van der Waals surface area contributed by atoms with Crippen molar-refractivity contribution in [3.63, 3.8) is 0 Å². The summed E-state index contributed by atoms with van der Waals surface area (Å²) in [5.41, 5.74) is -0.262. The Labute approximate surface area is 67.7 Å². The Morgan fingerprint density at radius 3 is 2.45 bits per heavy atom. The molecule has 1 aliphatic carbocycles. The maximum atomic E-state index is 11.4. The molecular formula is C9H15NO. The van der Waals surface area contributed by atoms with Gasteiger partial charge in [0.05, 0.1) is 5.54 Å². The molecule has 0 aromatic rings. The van der Waals surface area contributed by atoms with E-state index in [4.69, 9.17) is 0 Å². The Morgan fingerprint density at radius 1 is 1.55 bits per heavy atom. The summed E-state index contributed by atoms with van der Waals surface area (Å²) in [5, 5.41) is 3.11. The average Bonchev–Trinajstić information content (AvgIpc) is 2.52. The molecular weight excluding hydrogens is 138 g/mol. The van der Waals surface area contributed by atoms with Crippen LogP contribution in [0.4, 0.5) is 0 Å². The number of likely N-dealkylation sites (N-methyl/N-ethyl adjacent to an activating group) is 1. The van der Waals surface area contributed by atoms with Gasteiger partial charge in [-0.1, -0.05) is 19.4 Å². The van der Waals surface area contributed by atoms with E-state index in [1.165, 1.54) is 6.08 Å². The van der Waals surface area contributed by atoms with Gasteiger partial charge in [-0.15, -0.1) is 0 Å². The number of nitrogens with one attached hydrogen (secondary N) is 1. The maximum absolute atomic E-state index is 11.4. The fourth-order valence-corrected chi connectivity index (χ4v) is 1.79. The van der Waals surface area contributed by atoms with Gasteiger partial charge in [-0.2, -0.15) is 0 Å². The van der Waals surface area contributed by atoms with Gasteiger partial charge in [-0.25, -0.2) is 0 Å². The van der Waals surface area contributed by atoms with Crippen molar-refractivity contribution in [1.29, 1.82) is 0 Å². The molecule has 0 amide bonds. The van der Waals surface area contributed by atoms with E-state index in [2.05, 4.69) is 11.9 Å². The Bertz CT molecular complexity index is 168. The predicted molar refractivity (Wildman–Crippen MR) is 45.5 cm³/mol. The number of hydrogen-bond donors (Lipinski definition) is 1. The zero-order valence-electron chi connectivity index (χ0n) is 7.02. The predicted octanol–water partition coefficient (Wildman–Crippen LogP) is 1.27. The molecule has 11 heavy (non-hydrogen) atoms. The summed E-state index contributed by atoms with van der Waals surface area (Å²) < 4.78 is 0. The van der Waals surface area contributed by atoms with Crippen LogP contribution in [-0.2, 0) is 4.79 Å². The largest absolute Gasteiger partial charge is 0.308 e. The van der Waals surface area contributed by atoms with Crippen LogP contribution in [0.25, 0.3) is 0 Å². The second-order valence-electron chi connectivity index (χ2n) is 3.11. The molecule has 0 bridgehead atoms. The SMILES string of the molecule is C=CC(=O)C1(NC)CCCC1. The zero-order valence-corrected chi connectivity index (χ0v) is 7.02. The van der Waals surface area contributed by atoms with Crippen molar-refractivity contribution >= 4 is 5.78 Å². The molecule has 1 N–H and O–H groups in total. The van der Waals surface area contributed by atoms with Crippen molar-refractivity contribution in [2.24, 2.45) is 0 Å². The first-order valence-corrected chi connectivity index (χ1v) is 4.11. The van der Waals surface area contributed by atoms with Crippen molar-refractivity contribution in [2.75, 3.05) is 7.05 Å². The van der Waals surface area contributed by atoms with Crippen LogP contribution < -0.4 is 5.32 Å². The molecule has 1 rings (SSSR count).